The average molecular weight is 381 g/mol. The number of carbonyl (C=O) groups is 2. The largest absolute Gasteiger partial charge is 0.461 e. The lowest BCUT2D eigenvalue weighted by molar-refractivity contribution is 0.0513. The number of halogens is 1. The molecule has 0 radical (unpaired) electrons. The lowest BCUT2D eigenvalue weighted by Gasteiger charge is -2.20. The maximum Gasteiger partial charge on any atom is 0.407 e. The zero-order valence-corrected chi connectivity index (χ0v) is 16.6. The highest BCUT2D eigenvalue weighted by Gasteiger charge is 2.22. The van der Waals surface area contributed by atoms with Crippen LogP contribution in [0.1, 0.15) is 43.7 Å². The summed E-state index contributed by atoms with van der Waals surface area (Å²) < 4.78 is 12.3. The zero-order chi connectivity index (χ0) is 19.5. The summed E-state index contributed by atoms with van der Waals surface area (Å²) in [7, 11) is 0. The quantitative estimate of drug-likeness (QED) is 0.785. The van der Waals surface area contributed by atoms with Gasteiger partial charge in [0.15, 0.2) is 0 Å². The standard InChI is InChI=1S/C19H25ClN2O4/c1-6-25-17(23)16-12(2)14-11-13(20)7-8-15(14)22(16)10-9-21-18(24)26-19(3,4)5/h7-8,11H,6,9-10H2,1-5H3,(H,21,24). The van der Waals surface area contributed by atoms with E-state index in [4.69, 9.17) is 21.1 Å². The van der Waals surface area contributed by atoms with Crippen molar-refractivity contribution in [3.63, 3.8) is 0 Å². The number of carbonyl (C=O) groups excluding carboxylic acids is 2. The number of benzene rings is 1. The predicted octanol–water partition coefficient (Wildman–Crippen LogP) is 4.30. The number of fused-ring (bicyclic) bond motifs is 1. The van der Waals surface area contributed by atoms with Gasteiger partial charge < -0.3 is 19.4 Å². The van der Waals surface area contributed by atoms with Crippen LogP contribution in [0.2, 0.25) is 5.02 Å². The molecule has 1 amide bonds. The summed E-state index contributed by atoms with van der Waals surface area (Å²) in [5.41, 5.74) is 1.57. The summed E-state index contributed by atoms with van der Waals surface area (Å²) in [6.07, 6.45) is -0.494. The fourth-order valence-electron chi connectivity index (χ4n) is 2.77. The van der Waals surface area contributed by atoms with Crippen molar-refractivity contribution in [3.05, 3.63) is 34.5 Å². The molecule has 2 aromatic rings. The van der Waals surface area contributed by atoms with Crippen LogP contribution in [0.15, 0.2) is 18.2 Å². The Hall–Kier alpha value is -2.21. The molecule has 1 aromatic carbocycles. The smallest absolute Gasteiger partial charge is 0.407 e. The second-order valence-corrected chi connectivity index (χ2v) is 7.37. The summed E-state index contributed by atoms with van der Waals surface area (Å²) in [6, 6.07) is 5.46. The number of nitrogens with zero attached hydrogens (tertiary/aromatic N) is 1. The third-order valence-electron chi connectivity index (χ3n) is 3.75. The van der Waals surface area contributed by atoms with Gasteiger partial charge in [0, 0.05) is 29.0 Å². The molecule has 0 saturated carbocycles. The molecule has 0 spiro atoms. The SMILES string of the molecule is CCOC(=O)c1c(C)c2cc(Cl)ccc2n1CCNC(=O)OC(C)(C)C. The van der Waals surface area contributed by atoms with Crippen LogP contribution in [0.4, 0.5) is 4.79 Å². The second kappa shape index (κ2) is 7.99. The van der Waals surface area contributed by atoms with Gasteiger partial charge in [-0.15, -0.1) is 0 Å². The van der Waals surface area contributed by atoms with E-state index in [-0.39, 0.29) is 6.61 Å². The molecule has 0 bridgehead atoms. The van der Waals surface area contributed by atoms with E-state index in [1.165, 1.54) is 0 Å². The molecule has 0 saturated heterocycles. The maximum absolute atomic E-state index is 12.4. The van der Waals surface area contributed by atoms with Crippen molar-refractivity contribution < 1.29 is 19.1 Å². The molecule has 0 fully saturated rings. The van der Waals surface area contributed by atoms with Crippen LogP contribution < -0.4 is 5.32 Å². The first-order chi connectivity index (χ1) is 12.1. The van der Waals surface area contributed by atoms with Crippen LogP contribution in [-0.4, -0.2) is 35.4 Å². The topological polar surface area (TPSA) is 69.6 Å². The number of aryl methyl sites for hydroxylation is 1. The number of rotatable bonds is 5. The maximum atomic E-state index is 12.4. The van der Waals surface area contributed by atoms with E-state index in [1.807, 2.05) is 23.6 Å². The first kappa shape index (κ1) is 20.1. The van der Waals surface area contributed by atoms with Crippen LogP contribution in [0.25, 0.3) is 10.9 Å². The van der Waals surface area contributed by atoms with Crippen molar-refractivity contribution in [3.8, 4) is 0 Å². The van der Waals surface area contributed by atoms with Gasteiger partial charge in [0.25, 0.3) is 0 Å². The molecule has 2 rings (SSSR count). The van der Waals surface area contributed by atoms with E-state index in [9.17, 15) is 9.59 Å². The molecule has 0 aliphatic carbocycles. The summed E-state index contributed by atoms with van der Waals surface area (Å²) in [5.74, 6) is -0.394. The molecule has 1 N–H and O–H groups in total. The Morgan fingerprint density at radius 1 is 1.27 bits per heavy atom. The zero-order valence-electron chi connectivity index (χ0n) is 15.8. The van der Waals surface area contributed by atoms with Gasteiger partial charge in [0.05, 0.1) is 6.61 Å². The molecule has 0 unspecified atom stereocenters. The van der Waals surface area contributed by atoms with Gasteiger partial charge in [-0.3, -0.25) is 0 Å². The monoisotopic (exact) mass is 380 g/mol. The number of aromatic nitrogens is 1. The summed E-state index contributed by atoms with van der Waals surface area (Å²) in [5, 5.41) is 4.20. The summed E-state index contributed by atoms with van der Waals surface area (Å²) >= 11 is 6.10. The summed E-state index contributed by atoms with van der Waals surface area (Å²) in [6.45, 7) is 10.0. The minimum Gasteiger partial charge on any atom is -0.461 e. The second-order valence-electron chi connectivity index (χ2n) is 6.94. The molecular weight excluding hydrogens is 356 g/mol. The molecular formula is C19H25ClN2O4. The molecule has 6 nitrogen and oxygen atoms in total. The number of alkyl carbamates (subject to hydrolysis) is 1. The van der Waals surface area contributed by atoms with Crippen molar-refractivity contribution in [2.45, 2.75) is 46.8 Å². The van der Waals surface area contributed by atoms with Crippen LogP contribution >= 0.6 is 11.6 Å². The third kappa shape index (κ3) is 4.69. The van der Waals surface area contributed by atoms with Gasteiger partial charge in [-0.05, 0) is 58.4 Å². The van der Waals surface area contributed by atoms with Gasteiger partial charge in [-0.2, -0.15) is 0 Å². The van der Waals surface area contributed by atoms with E-state index in [0.717, 1.165) is 16.5 Å². The predicted molar refractivity (Wildman–Crippen MR) is 102 cm³/mol. The van der Waals surface area contributed by atoms with Crippen LogP contribution in [-0.2, 0) is 16.0 Å². The van der Waals surface area contributed by atoms with Crippen molar-refractivity contribution in [1.29, 1.82) is 0 Å². The average Bonchev–Trinajstić information content (AvgIpc) is 2.78. The normalized spacial score (nSPS) is 11.5. The lowest BCUT2D eigenvalue weighted by atomic mass is 10.1. The van der Waals surface area contributed by atoms with Crippen molar-refractivity contribution >= 4 is 34.6 Å². The molecule has 0 aliphatic rings. The molecule has 0 atom stereocenters. The van der Waals surface area contributed by atoms with Crippen LogP contribution in [0, 0.1) is 6.92 Å². The highest BCUT2D eigenvalue weighted by molar-refractivity contribution is 6.31. The Labute approximate surface area is 158 Å². The van der Waals surface area contributed by atoms with E-state index in [0.29, 0.717) is 23.8 Å². The minimum absolute atomic E-state index is 0.288. The van der Waals surface area contributed by atoms with Gasteiger partial charge in [-0.1, -0.05) is 11.6 Å². The Bertz CT molecular complexity index is 821. The van der Waals surface area contributed by atoms with Gasteiger partial charge in [-0.25, -0.2) is 9.59 Å². The fraction of sp³-hybridized carbons (Fsp3) is 0.474. The van der Waals surface area contributed by atoms with Crippen molar-refractivity contribution in [2.24, 2.45) is 0 Å². The fourth-order valence-corrected chi connectivity index (χ4v) is 2.95. The first-order valence-electron chi connectivity index (χ1n) is 8.56. The Kier molecular flexibility index (Phi) is 6.18. The van der Waals surface area contributed by atoms with E-state index >= 15 is 0 Å². The number of esters is 1. The number of ether oxygens (including phenoxy) is 2. The van der Waals surface area contributed by atoms with Crippen LogP contribution in [0.3, 0.4) is 0 Å². The summed E-state index contributed by atoms with van der Waals surface area (Å²) in [4.78, 5) is 24.3. The van der Waals surface area contributed by atoms with E-state index in [2.05, 4.69) is 5.32 Å². The Balaban J connectivity index is 2.28. The molecule has 1 heterocycles. The van der Waals surface area contributed by atoms with Gasteiger partial charge in [0.1, 0.15) is 11.3 Å². The molecule has 0 aliphatic heterocycles. The van der Waals surface area contributed by atoms with Gasteiger partial charge >= 0.3 is 12.1 Å². The minimum atomic E-state index is -0.562. The third-order valence-corrected chi connectivity index (χ3v) is 3.99. The van der Waals surface area contributed by atoms with E-state index in [1.54, 1.807) is 33.8 Å². The van der Waals surface area contributed by atoms with E-state index < -0.39 is 17.7 Å². The molecule has 1 aromatic heterocycles. The molecule has 26 heavy (non-hydrogen) atoms. The molecule has 142 valence electrons. The Morgan fingerprint density at radius 2 is 1.96 bits per heavy atom. The Morgan fingerprint density at radius 3 is 2.58 bits per heavy atom. The van der Waals surface area contributed by atoms with Gasteiger partial charge in [0.2, 0.25) is 0 Å². The number of nitrogens with one attached hydrogen (secondary N) is 1. The highest BCUT2D eigenvalue weighted by atomic mass is 35.5. The lowest BCUT2D eigenvalue weighted by Crippen LogP contribution is -2.34. The molecule has 7 heteroatoms. The number of amides is 1. The van der Waals surface area contributed by atoms with Crippen LogP contribution in [0.5, 0.6) is 0 Å². The highest BCUT2D eigenvalue weighted by Crippen LogP contribution is 2.28. The number of hydrogen-bond acceptors (Lipinski definition) is 4. The number of hydrogen-bond donors (Lipinski definition) is 1. The van der Waals surface area contributed by atoms with Crippen molar-refractivity contribution in [2.75, 3.05) is 13.2 Å². The van der Waals surface area contributed by atoms with Crippen molar-refractivity contribution in [1.82, 2.24) is 9.88 Å². The first-order valence-corrected chi connectivity index (χ1v) is 8.94.